The molecule has 0 aliphatic heterocycles. The van der Waals surface area contributed by atoms with E-state index in [1.165, 1.54) is 13.2 Å². The minimum Gasteiger partial charge on any atom is -0.494 e. The van der Waals surface area contributed by atoms with Gasteiger partial charge in [0, 0.05) is 18.3 Å². The van der Waals surface area contributed by atoms with Crippen molar-refractivity contribution in [1.82, 2.24) is 0 Å². The molecule has 0 atom stereocenters. The Morgan fingerprint density at radius 2 is 2.24 bits per heavy atom. The molecule has 1 aromatic carbocycles. The zero-order valence-corrected chi connectivity index (χ0v) is 10.3. The van der Waals surface area contributed by atoms with E-state index in [0.29, 0.717) is 12.5 Å². The largest absolute Gasteiger partial charge is 0.494 e. The molecule has 94 valence electrons. The van der Waals surface area contributed by atoms with E-state index < -0.39 is 0 Å². The van der Waals surface area contributed by atoms with Crippen LogP contribution in [0.1, 0.15) is 19.8 Å². The van der Waals surface area contributed by atoms with Crippen molar-refractivity contribution in [2.45, 2.75) is 25.3 Å². The van der Waals surface area contributed by atoms with Gasteiger partial charge in [-0.2, -0.15) is 0 Å². The van der Waals surface area contributed by atoms with Crippen LogP contribution in [-0.4, -0.2) is 19.2 Å². The van der Waals surface area contributed by atoms with Gasteiger partial charge in [0.05, 0.1) is 12.6 Å². The third-order valence-corrected chi connectivity index (χ3v) is 3.43. The van der Waals surface area contributed by atoms with E-state index in [-0.39, 0.29) is 17.1 Å². The molecule has 0 heterocycles. The summed E-state index contributed by atoms with van der Waals surface area (Å²) < 4.78 is 18.2. The molecule has 0 unspecified atom stereocenters. The van der Waals surface area contributed by atoms with Crippen LogP contribution in [0, 0.1) is 11.7 Å². The molecule has 2 rings (SSSR count). The summed E-state index contributed by atoms with van der Waals surface area (Å²) >= 11 is 0. The maximum Gasteiger partial charge on any atom is 0.165 e. The van der Waals surface area contributed by atoms with Crippen molar-refractivity contribution in [1.29, 1.82) is 0 Å². The summed E-state index contributed by atoms with van der Waals surface area (Å²) in [4.78, 5) is 0. The number of hydrogen-bond acceptors (Lipinski definition) is 3. The summed E-state index contributed by atoms with van der Waals surface area (Å²) in [5.41, 5.74) is 6.65. The van der Waals surface area contributed by atoms with Crippen molar-refractivity contribution < 1.29 is 9.13 Å². The fourth-order valence-electron chi connectivity index (χ4n) is 2.64. The van der Waals surface area contributed by atoms with Gasteiger partial charge >= 0.3 is 0 Å². The first-order valence-electron chi connectivity index (χ1n) is 5.90. The Morgan fingerprint density at radius 3 is 2.76 bits per heavy atom. The lowest BCUT2D eigenvalue weighted by atomic mass is 9.69. The molecule has 3 N–H and O–H groups in total. The van der Waals surface area contributed by atoms with E-state index in [9.17, 15) is 4.39 Å². The SMILES string of the molecule is COc1cc(NC2(CN)CC(C)C2)ccc1F. The lowest BCUT2D eigenvalue weighted by Gasteiger charge is -2.47. The molecule has 1 aromatic rings. The molecule has 3 nitrogen and oxygen atoms in total. The molecule has 0 amide bonds. The minimum atomic E-state index is -0.346. The minimum absolute atomic E-state index is 0.0255. The van der Waals surface area contributed by atoms with Crippen LogP contribution in [0.2, 0.25) is 0 Å². The molecule has 0 spiro atoms. The topological polar surface area (TPSA) is 47.3 Å². The van der Waals surface area contributed by atoms with Crippen molar-refractivity contribution in [2.75, 3.05) is 19.0 Å². The zero-order valence-electron chi connectivity index (χ0n) is 10.3. The van der Waals surface area contributed by atoms with Crippen molar-refractivity contribution in [3.63, 3.8) is 0 Å². The summed E-state index contributed by atoms with van der Waals surface area (Å²) in [6.45, 7) is 2.80. The highest BCUT2D eigenvalue weighted by Gasteiger charge is 2.40. The van der Waals surface area contributed by atoms with Crippen molar-refractivity contribution >= 4 is 5.69 Å². The fourth-order valence-corrected chi connectivity index (χ4v) is 2.64. The van der Waals surface area contributed by atoms with Crippen molar-refractivity contribution in [3.05, 3.63) is 24.0 Å². The van der Waals surface area contributed by atoms with Crippen LogP contribution in [0.3, 0.4) is 0 Å². The standard InChI is InChI=1S/C13H19FN2O/c1-9-6-13(7-9,8-15)16-10-3-4-11(14)12(5-10)17-2/h3-5,9,16H,6-8,15H2,1-2H3. The third kappa shape index (κ3) is 2.36. The van der Waals surface area contributed by atoms with Crippen LogP contribution in [0.4, 0.5) is 10.1 Å². The molecule has 1 aliphatic carbocycles. The number of anilines is 1. The summed E-state index contributed by atoms with van der Waals surface area (Å²) in [5.74, 6) is 0.616. The Hall–Kier alpha value is -1.29. The molecule has 0 bridgehead atoms. The second-order valence-corrected chi connectivity index (χ2v) is 4.97. The molecule has 1 saturated carbocycles. The number of nitrogens with two attached hydrogens (primary N) is 1. The van der Waals surface area contributed by atoms with E-state index in [1.807, 2.05) is 0 Å². The Bertz CT molecular complexity index is 402. The molecular weight excluding hydrogens is 219 g/mol. The van der Waals surface area contributed by atoms with E-state index in [0.717, 1.165) is 18.5 Å². The number of methoxy groups -OCH3 is 1. The van der Waals surface area contributed by atoms with Gasteiger partial charge in [0.25, 0.3) is 0 Å². The first kappa shape index (κ1) is 12.2. The Kier molecular flexibility index (Phi) is 3.24. The molecule has 0 radical (unpaired) electrons. The highest BCUT2D eigenvalue weighted by molar-refractivity contribution is 5.51. The van der Waals surface area contributed by atoms with Gasteiger partial charge in [0.1, 0.15) is 0 Å². The first-order valence-corrected chi connectivity index (χ1v) is 5.90. The maximum atomic E-state index is 13.3. The third-order valence-electron chi connectivity index (χ3n) is 3.43. The Labute approximate surface area is 101 Å². The molecule has 0 aromatic heterocycles. The van der Waals surface area contributed by atoms with Crippen molar-refractivity contribution in [2.24, 2.45) is 11.7 Å². The van der Waals surface area contributed by atoms with Crippen molar-refractivity contribution in [3.8, 4) is 5.75 Å². The van der Waals surface area contributed by atoms with Gasteiger partial charge in [-0.15, -0.1) is 0 Å². The number of ether oxygens (including phenoxy) is 1. The zero-order chi connectivity index (χ0) is 12.5. The predicted molar refractivity (Wildman–Crippen MR) is 66.8 cm³/mol. The maximum absolute atomic E-state index is 13.3. The van der Waals surface area contributed by atoms with Gasteiger partial charge in [-0.25, -0.2) is 4.39 Å². The van der Waals surface area contributed by atoms with E-state index in [2.05, 4.69) is 12.2 Å². The lowest BCUT2D eigenvalue weighted by molar-refractivity contribution is 0.194. The predicted octanol–water partition coefficient (Wildman–Crippen LogP) is 2.37. The highest BCUT2D eigenvalue weighted by atomic mass is 19.1. The number of hydrogen-bond donors (Lipinski definition) is 2. The van der Waals surface area contributed by atoms with Crippen LogP contribution < -0.4 is 15.8 Å². The van der Waals surface area contributed by atoms with Gasteiger partial charge in [-0.05, 0) is 30.9 Å². The van der Waals surface area contributed by atoms with Gasteiger partial charge in [0.2, 0.25) is 0 Å². The molecular formula is C13H19FN2O. The normalized spacial score (nSPS) is 27.4. The van der Waals surface area contributed by atoms with Crippen LogP contribution in [0.5, 0.6) is 5.75 Å². The molecule has 17 heavy (non-hydrogen) atoms. The highest BCUT2D eigenvalue weighted by Crippen LogP contribution is 2.39. The number of nitrogens with one attached hydrogen (secondary N) is 1. The number of halogens is 1. The average Bonchev–Trinajstić information content (AvgIpc) is 2.29. The number of rotatable bonds is 4. The summed E-state index contributed by atoms with van der Waals surface area (Å²) in [7, 11) is 1.46. The van der Waals surface area contributed by atoms with Gasteiger partial charge in [-0.1, -0.05) is 6.92 Å². The summed E-state index contributed by atoms with van der Waals surface area (Å²) in [6.07, 6.45) is 2.12. The van der Waals surface area contributed by atoms with Gasteiger partial charge in [0.15, 0.2) is 11.6 Å². The van der Waals surface area contributed by atoms with Gasteiger partial charge < -0.3 is 15.8 Å². The smallest absolute Gasteiger partial charge is 0.165 e. The molecule has 1 aliphatic rings. The second kappa shape index (κ2) is 4.53. The van der Waals surface area contributed by atoms with Crippen LogP contribution >= 0.6 is 0 Å². The van der Waals surface area contributed by atoms with Gasteiger partial charge in [-0.3, -0.25) is 0 Å². The first-order chi connectivity index (χ1) is 8.08. The monoisotopic (exact) mass is 238 g/mol. The van der Waals surface area contributed by atoms with Crippen LogP contribution in [-0.2, 0) is 0 Å². The van der Waals surface area contributed by atoms with E-state index in [1.54, 1.807) is 12.1 Å². The molecule has 4 heteroatoms. The van der Waals surface area contributed by atoms with Crippen LogP contribution in [0.15, 0.2) is 18.2 Å². The molecule has 1 fully saturated rings. The fraction of sp³-hybridized carbons (Fsp3) is 0.538. The summed E-state index contributed by atoms with van der Waals surface area (Å²) in [6, 6.07) is 4.81. The average molecular weight is 238 g/mol. The summed E-state index contributed by atoms with van der Waals surface area (Å²) in [5, 5.41) is 3.40. The Morgan fingerprint density at radius 1 is 1.53 bits per heavy atom. The van der Waals surface area contributed by atoms with E-state index >= 15 is 0 Å². The molecule has 0 saturated heterocycles. The lowest BCUT2D eigenvalue weighted by Crippen LogP contribution is -2.54. The number of benzene rings is 1. The second-order valence-electron chi connectivity index (χ2n) is 4.97. The Balaban J connectivity index is 2.13. The quantitative estimate of drug-likeness (QED) is 0.846. The van der Waals surface area contributed by atoms with Crippen LogP contribution in [0.25, 0.3) is 0 Å². The van der Waals surface area contributed by atoms with E-state index in [4.69, 9.17) is 10.5 Å².